The van der Waals surface area contributed by atoms with Gasteiger partial charge in [0.05, 0.1) is 10.2 Å². The number of hydrazone groups is 1. The SMILES string of the molecule is CCCCCSC1=NN2C(=c3ccccc3=NC2c2cccs2)C(=O)N1. The average Bonchev–Trinajstić information content (AvgIpc) is 3.19. The average molecular weight is 385 g/mol. The molecule has 3 heterocycles. The number of amidine groups is 1. The third kappa shape index (κ3) is 3.29. The van der Waals surface area contributed by atoms with E-state index in [1.807, 2.05) is 41.8 Å². The predicted molar refractivity (Wildman–Crippen MR) is 107 cm³/mol. The molecule has 4 rings (SSSR count). The topological polar surface area (TPSA) is 57.1 Å². The molecule has 26 heavy (non-hydrogen) atoms. The van der Waals surface area contributed by atoms with E-state index in [0.29, 0.717) is 10.9 Å². The molecular formula is C19H20N4OS2. The van der Waals surface area contributed by atoms with E-state index in [1.54, 1.807) is 28.1 Å². The van der Waals surface area contributed by atoms with Gasteiger partial charge in [-0.05, 0) is 23.9 Å². The largest absolute Gasteiger partial charge is 0.298 e. The summed E-state index contributed by atoms with van der Waals surface area (Å²) in [5.41, 5.74) is 0.576. The molecule has 1 aromatic heterocycles. The third-order valence-electron chi connectivity index (χ3n) is 4.30. The Balaban J connectivity index is 1.75. The molecule has 1 atom stereocenters. The van der Waals surface area contributed by atoms with Gasteiger partial charge in [0.25, 0.3) is 5.91 Å². The molecule has 2 aliphatic rings. The Kier molecular flexibility index (Phi) is 5.08. The first kappa shape index (κ1) is 17.3. The molecule has 0 saturated heterocycles. The van der Waals surface area contributed by atoms with E-state index in [2.05, 4.69) is 12.2 Å². The summed E-state index contributed by atoms with van der Waals surface area (Å²) >= 11 is 3.23. The molecule has 2 aromatic rings. The first-order chi connectivity index (χ1) is 12.8. The van der Waals surface area contributed by atoms with Crippen molar-refractivity contribution in [2.45, 2.75) is 32.4 Å². The fourth-order valence-corrected chi connectivity index (χ4v) is 4.64. The standard InChI is InChI=1S/C19H20N4OS2/c1-2-3-6-11-26-19-21-18(24)16-13-8-4-5-9-14(13)20-17(23(16)22-19)15-10-7-12-25-15/h4-5,7-10,12,17H,2-3,6,11H2,1H3,(H,21,22,24). The monoisotopic (exact) mass is 384 g/mol. The Morgan fingerprint density at radius 3 is 2.92 bits per heavy atom. The molecule has 134 valence electrons. The highest BCUT2D eigenvalue weighted by Gasteiger charge is 2.34. The lowest BCUT2D eigenvalue weighted by atomic mass is 10.1. The summed E-state index contributed by atoms with van der Waals surface area (Å²) in [5, 5.41) is 13.8. The summed E-state index contributed by atoms with van der Waals surface area (Å²) in [7, 11) is 0. The number of hydrogen-bond acceptors (Lipinski definition) is 6. The van der Waals surface area contributed by atoms with E-state index in [1.165, 1.54) is 12.8 Å². The van der Waals surface area contributed by atoms with Crippen LogP contribution in [0.5, 0.6) is 0 Å². The van der Waals surface area contributed by atoms with Gasteiger partial charge in [0.1, 0.15) is 5.70 Å². The molecule has 0 saturated carbocycles. The van der Waals surface area contributed by atoms with Crippen molar-refractivity contribution in [2.24, 2.45) is 10.1 Å². The summed E-state index contributed by atoms with van der Waals surface area (Å²) in [5.74, 6) is 0.843. The van der Waals surface area contributed by atoms with Crippen LogP contribution in [0.1, 0.15) is 37.2 Å². The molecule has 0 radical (unpaired) electrons. The van der Waals surface area contributed by atoms with Crippen LogP contribution in [0.3, 0.4) is 0 Å². The molecule has 1 amide bonds. The zero-order chi connectivity index (χ0) is 17.9. The molecule has 0 bridgehead atoms. The van der Waals surface area contributed by atoms with Crippen molar-refractivity contribution in [3.05, 3.63) is 57.2 Å². The maximum atomic E-state index is 12.9. The van der Waals surface area contributed by atoms with Crippen molar-refractivity contribution in [1.82, 2.24) is 10.3 Å². The minimum absolute atomic E-state index is 0.109. The summed E-state index contributed by atoms with van der Waals surface area (Å²) in [6.07, 6.45) is 3.20. The number of rotatable bonds is 5. The summed E-state index contributed by atoms with van der Waals surface area (Å²) < 4.78 is 0. The highest BCUT2D eigenvalue weighted by Crippen LogP contribution is 2.32. The van der Waals surface area contributed by atoms with Crippen molar-refractivity contribution in [2.75, 3.05) is 5.75 Å². The summed E-state index contributed by atoms with van der Waals surface area (Å²) in [6, 6.07) is 11.8. The van der Waals surface area contributed by atoms with E-state index in [-0.39, 0.29) is 12.1 Å². The zero-order valence-electron chi connectivity index (χ0n) is 14.5. The zero-order valence-corrected chi connectivity index (χ0v) is 16.1. The van der Waals surface area contributed by atoms with Crippen molar-refractivity contribution in [3.63, 3.8) is 0 Å². The predicted octanol–water partition coefficient (Wildman–Crippen LogP) is 2.81. The van der Waals surface area contributed by atoms with Crippen molar-refractivity contribution < 1.29 is 4.79 Å². The van der Waals surface area contributed by atoms with Crippen LogP contribution >= 0.6 is 23.1 Å². The molecule has 1 aromatic carbocycles. The van der Waals surface area contributed by atoms with Gasteiger partial charge in [-0.1, -0.05) is 55.8 Å². The number of thioether (sulfide) groups is 1. The number of benzene rings is 1. The van der Waals surface area contributed by atoms with Gasteiger partial charge in [-0.25, -0.2) is 5.01 Å². The van der Waals surface area contributed by atoms with Crippen molar-refractivity contribution in [1.29, 1.82) is 0 Å². The molecule has 0 spiro atoms. The van der Waals surface area contributed by atoms with Gasteiger partial charge in [-0.2, -0.15) is 0 Å². The number of nitrogens with one attached hydrogen (secondary N) is 1. The van der Waals surface area contributed by atoms with Crippen LogP contribution in [0.4, 0.5) is 0 Å². The lowest BCUT2D eigenvalue weighted by Crippen LogP contribution is -2.50. The van der Waals surface area contributed by atoms with E-state index < -0.39 is 0 Å². The van der Waals surface area contributed by atoms with E-state index in [0.717, 1.165) is 27.6 Å². The fourth-order valence-electron chi connectivity index (χ4n) is 3.04. The van der Waals surface area contributed by atoms with Crippen molar-refractivity contribution >= 4 is 39.9 Å². The second kappa shape index (κ2) is 7.63. The second-order valence-corrected chi connectivity index (χ2v) is 8.21. The minimum atomic E-state index is -0.294. The number of carbonyl (C=O) groups is 1. The first-order valence-electron chi connectivity index (χ1n) is 8.80. The van der Waals surface area contributed by atoms with Gasteiger partial charge in [0.2, 0.25) is 0 Å². The Hall–Kier alpha value is -2.12. The summed E-state index contributed by atoms with van der Waals surface area (Å²) in [4.78, 5) is 18.8. The van der Waals surface area contributed by atoms with Crippen LogP contribution in [0.2, 0.25) is 0 Å². The molecular weight excluding hydrogens is 364 g/mol. The number of thiophene rings is 1. The van der Waals surface area contributed by atoms with Crippen LogP contribution < -0.4 is 15.9 Å². The van der Waals surface area contributed by atoms with Crippen molar-refractivity contribution in [3.8, 4) is 0 Å². The molecule has 5 nitrogen and oxygen atoms in total. The number of fused-ring (bicyclic) bond motifs is 2. The molecule has 2 aliphatic heterocycles. The van der Waals surface area contributed by atoms with Gasteiger partial charge in [-0.3, -0.25) is 15.1 Å². The van der Waals surface area contributed by atoms with Crippen LogP contribution in [-0.4, -0.2) is 21.8 Å². The quantitative estimate of drug-likeness (QED) is 0.807. The number of unbranched alkanes of at least 4 members (excludes halogenated alkanes) is 2. The van der Waals surface area contributed by atoms with Gasteiger partial charge < -0.3 is 0 Å². The summed E-state index contributed by atoms with van der Waals surface area (Å²) in [6.45, 7) is 2.18. The number of hydrogen-bond donors (Lipinski definition) is 1. The lowest BCUT2D eigenvalue weighted by molar-refractivity contribution is -0.116. The second-order valence-electron chi connectivity index (χ2n) is 6.14. The van der Waals surface area contributed by atoms with E-state index in [4.69, 9.17) is 10.1 Å². The third-order valence-corrected chi connectivity index (χ3v) is 6.16. The molecule has 7 heteroatoms. The Morgan fingerprint density at radius 2 is 2.12 bits per heavy atom. The number of amides is 1. The maximum absolute atomic E-state index is 12.9. The van der Waals surface area contributed by atoms with Gasteiger partial charge in [0.15, 0.2) is 11.3 Å². The van der Waals surface area contributed by atoms with Gasteiger partial charge >= 0.3 is 0 Å². The normalized spacial score (nSPS) is 18.6. The lowest BCUT2D eigenvalue weighted by Gasteiger charge is -2.33. The molecule has 1 N–H and O–H groups in total. The highest BCUT2D eigenvalue weighted by molar-refractivity contribution is 8.13. The minimum Gasteiger partial charge on any atom is -0.298 e. The molecule has 0 fully saturated rings. The molecule has 1 unspecified atom stereocenters. The van der Waals surface area contributed by atoms with Crippen LogP contribution in [0, 0.1) is 0 Å². The maximum Gasteiger partial charge on any atom is 0.276 e. The first-order valence-corrected chi connectivity index (χ1v) is 10.7. The smallest absolute Gasteiger partial charge is 0.276 e. The van der Waals surface area contributed by atoms with E-state index >= 15 is 0 Å². The Morgan fingerprint density at radius 1 is 1.23 bits per heavy atom. The fraction of sp³-hybridized carbons (Fsp3) is 0.316. The van der Waals surface area contributed by atoms with Crippen LogP contribution in [-0.2, 0) is 4.79 Å². The number of carbonyl (C=O) groups excluding carboxylic acids is 1. The van der Waals surface area contributed by atoms with Gasteiger partial charge in [-0.15, -0.1) is 16.4 Å². The van der Waals surface area contributed by atoms with Gasteiger partial charge in [0, 0.05) is 11.0 Å². The number of para-hydroxylation sites is 1. The van der Waals surface area contributed by atoms with Crippen LogP contribution in [0.25, 0.3) is 5.70 Å². The molecule has 0 aliphatic carbocycles. The number of nitrogens with zero attached hydrogens (tertiary/aromatic N) is 3. The van der Waals surface area contributed by atoms with E-state index in [9.17, 15) is 4.79 Å². The highest BCUT2D eigenvalue weighted by atomic mass is 32.2. The van der Waals surface area contributed by atoms with Crippen LogP contribution in [0.15, 0.2) is 51.9 Å². The Labute approximate surface area is 160 Å². The Bertz CT molecular complexity index is 952.